The third-order valence-electron chi connectivity index (χ3n) is 3.01. The molecule has 4 nitrogen and oxygen atoms in total. The van der Waals surface area contributed by atoms with Gasteiger partial charge >= 0.3 is 6.18 Å². The molecule has 0 unspecified atom stereocenters. The fraction of sp³-hybridized carbons (Fsp3) is 0.308. The van der Waals surface area contributed by atoms with Crippen LogP contribution in [0.4, 0.5) is 13.2 Å². The molecular formula is C13H13F3N4S. The van der Waals surface area contributed by atoms with Gasteiger partial charge in [0.15, 0.2) is 0 Å². The average molecular weight is 314 g/mol. The van der Waals surface area contributed by atoms with Crippen molar-refractivity contribution in [3.05, 3.63) is 40.7 Å². The van der Waals surface area contributed by atoms with E-state index in [0.717, 1.165) is 40.8 Å². The van der Waals surface area contributed by atoms with Gasteiger partial charge in [0.2, 0.25) is 0 Å². The minimum atomic E-state index is -4.39. The van der Waals surface area contributed by atoms with E-state index in [1.165, 1.54) is 6.07 Å². The summed E-state index contributed by atoms with van der Waals surface area (Å²) < 4.78 is 37.4. The van der Waals surface area contributed by atoms with E-state index in [-0.39, 0.29) is 6.54 Å². The van der Waals surface area contributed by atoms with E-state index in [0.29, 0.717) is 10.1 Å². The fourth-order valence-electron chi connectivity index (χ4n) is 1.66. The summed E-state index contributed by atoms with van der Waals surface area (Å²) in [7, 11) is 0. The number of hydrogen-bond acceptors (Lipinski definition) is 5. The van der Waals surface area contributed by atoms with Crippen LogP contribution in [0.3, 0.4) is 0 Å². The van der Waals surface area contributed by atoms with Crippen molar-refractivity contribution in [3.8, 4) is 0 Å². The summed E-state index contributed by atoms with van der Waals surface area (Å²) in [6.07, 6.45) is -3.59. The number of aromatic nitrogens is 3. The lowest BCUT2D eigenvalue weighted by Gasteiger charge is -2.10. The van der Waals surface area contributed by atoms with Crippen LogP contribution in [-0.4, -0.2) is 15.2 Å². The Morgan fingerprint density at radius 3 is 2.43 bits per heavy atom. The molecule has 2 aromatic heterocycles. The average Bonchev–Trinajstić information content (AvgIpc) is 2.43. The number of aryl methyl sites for hydroxylation is 1. The Morgan fingerprint density at radius 2 is 1.90 bits per heavy atom. The van der Waals surface area contributed by atoms with Gasteiger partial charge in [-0.05, 0) is 43.3 Å². The van der Waals surface area contributed by atoms with E-state index < -0.39 is 11.7 Å². The smallest absolute Gasteiger partial charge is 0.326 e. The summed E-state index contributed by atoms with van der Waals surface area (Å²) in [5.74, 6) is 0. The largest absolute Gasteiger partial charge is 0.417 e. The topological polar surface area (TPSA) is 64.7 Å². The molecule has 0 radical (unpaired) electrons. The number of halogens is 3. The molecule has 2 N–H and O–H groups in total. The quantitative estimate of drug-likeness (QED) is 0.943. The molecule has 0 amide bonds. The molecular weight excluding hydrogens is 301 g/mol. The first kappa shape index (κ1) is 15.7. The van der Waals surface area contributed by atoms with Crippen molar-refractivity contribution in [2.45, 2.75) is 36.6 Å². The van der Waals surface area contributed by atoms with Gasteiger partial charge < -0.3 is 5.73 Å². The highest BCUT2D eigenvalue weighted by atomic mass is 32.2. The lowest BCUT2D eigenvalue weighted by atomic mass is 10.1. The van der Waals surface area contributed by atoms with E-state index >= 15 is 0 Å². The first-order valence-electron chi connectivity index (χ1n) is 6.07. The van der Waals surface area contributed by atoms with Crippen LogP contribution in [-0.2, 0) is 12.7 Å². The first-order chi connectivity index (χ1) is 9.82. The lowest BCUT2D eigenvalue weighted by molar-refractivity contribution is -0.137. The van der Waals surface area contributed by atoms with Crippen molar-refractivity contribution < 1.29 is 13.2 Å². The van der Waals surface area contributed by atoms with Crippen LogP contribution in [0.1, 0.15) is 22.4 Å². The van der Waals surface area contributed by atoms with Gasteiger partial charge in [-0.1, -0.05) is 0 Å². The number of rotatable bonds is 3. The second-order valence-electron chi connectivity index (χ2n) is 4.38. The van der Waals surface area contributed by atoms with Crippen LogP contribution >= 0.6 is 11.8 Å². The van der Waals surface area contributed by atoms with Gasteiger partial charge in [-0.25, -0.2) is 4.98 Å². The zero-order chi connectivity index (χ0) is 15.6. The van der Waals surface area contributed by atoms with Gasteiger partial charge in [0, 0.05) is 18.3 Å². The molecule has 8 heteroatoms. The fourth-order valence-corrected chi connectivity index (χ4v) is 2.55. The highest BCUT2D eigenvalue weighted by Crippen LogP contribution is 2.32. The molecule has 0 atom stereocenters. The second-order valence-corrected chi connectivity index (χ2v) is 5.39. The van der Waals surface area contributed by atoms with Crippen molar-refractivity contribution in [2.75, 3.05) is 0 Å². The summed E-state index contributed by atoms with van der Waals surface area (Å²) >= 11 is 1.15. The Kier molecular flexibility index (Phi) is 4.48. The predicted molar refractivity (Wildman–Crippen MR) is 72.8 cm³/mol. The van der Waals surface area contributed by atoms with Crippen LogP contribution in [0, 0.1) is 13.8 Å². The molecule has 0 aliphatic rings. The van der Waals surface area contributed by atoms with Gasteiger partial charge in [-0.2, -0.15) is 18.3 Å². The second kappa shape index (κ2) is 5.98. The minimum absolute atomic E-state index is 0.283. The molecule has 2 aromatic rings. The molecule has 2 rings (SSSR count). The van der Waals surface area contributed by atoms with Gasteiger partial charge in [-0.15, -0.1) is 5.10 Å². The Hall–Kier alpha value is -1.67. The minimum Gasteiger partial charge on any atom is -0.326 e. The predicted octanol–water partition coefficient (Wildman–Crippen LogP) is 3.12. The van der Waals surface area contributed by atoms with Crippen molar-refractivity contribution in [1.82, 2.24) is 15.2 Å². The molecule has 112 valence electrons. The Balaban J connectivity index is 2.29. The van der Waals surface area contributed by atoms with Crippen LogP contribution in [0.15, 0.2) is 28.4 Å². The third-order valence-corrected chi connectivity index (χ3v) is 3.99. The molecule has 0 aliphatic heterocycles. The maximum atomic E-state index is 12.5. The highest BCUT2D eigenvalue weighted by Gasteiger charge is 2.30. The highest BCUT2D eigenvalue weighted by molar-refractivity contribution is 7.99. The molecule has 0 aliphatic carbocycles. The Bertz CT molecular complexity index is 641. The van der Waals surface area contributed by atoms with E-state index in [2.05, 4.69) is 15.2 Å². The van der Waals surface area contributed by atoms with Crippen LogP contribution in [0.5, 0.6) is 0 Å². The van der Waals surface area contributed by atoms with Crippen molar-refractivity contribution in [2.24, 2.45) is 5.73 Å². The zero-order valence-corrected chi connectivity index (χ0v) is 12.2. The first-order valence-corrected chi connectivity index (χ1v) is 6.88. The van der Waals surface area contributed by atoms with Crippen molar-refractivity contribution in [3.63, 3.8) is 0 Å². The van der Waals surface area contributed by atoms with Crippen molar-refractivity contribution >= 4 is 11.8 Å². The van der Waals surface area contributed by atoms with Crippen molar-refractivity contribution in [1.29, 1.82) is 0 Å². The van der Waals surface area contributed by atoms with Crippen LogP contribution in [0.2, 0.25) is 0 Å². The number of pyridine rings is 1. The summed E-state index contributed by atoms with van der Waals surface area (Å²) in [6.45, 7) is 3.99. The van der Waals surface area contributed by atoms with E-state index in [4.69, 9.17) is 5.73 Å². The normalized spacial score (nSPS) is 11.7. The Morgan fingerprint density at radius 1 is 1.19 bits per heavy atom. The Labute approximate surface area is 124 Å². The molecule has 0 bridgehead atoms. The SMILES string of the molecule is Cc1nnc(Sc2ccc(C(F)(F)F)cn2)c(CN)c1C. The van der Waals surface area contributed by atoms with Gasteiger partial charge in [0.25, 0.3) is 0 Å². The lowest BCUT2D eigenvalue weighted by Crippen LogP contribution is -2.07. The number of hydrogen-bond donors (Lipinski definition) is 1. The van der Waals surface area contributed by atoms with Gasteiger partial charge in [0.05, 0.1) is 11.3 Å². The van der Waals surface area contributed by atoms with E-state index in [9.17, 15) is 13.2 Å². The molecule has 0 saturated heterocycles. The standard InChI is InChI=1S/C13H13F3N4S/c1-7-8(2)19-20-12(10(7)5-17)21-11-4-3-9(6-18-11)13(14,15)16/h3-4,6H,5,17H2,1-2H3. The number of nitrogens with zero attached hydrogens (tertiary/aromatic N) is 3. The maximum absolute atomic E-state index is 12.5. The van der Waals surface area contributed by atoms with E-state index in [1.54, 1.807) is 0 Å². The molecule has 21 heavy (non-hydrogen) atoms. The van der Waals surface area contributed by atoms with Crippen LogP contribution in [0.25, 0.3) is 0 Å². The molecule has 0 spiro atoms. The summed E-state index contributed by atoms with van der Waals surface area (Å²) in [5.41, 5.74) is 7.46. The van der Waals surface area contributed by atoms with E-state index in [1.807, 2.05) is 13.8 Å². The zero-order valence-electron chi connectivity index (χ0n) is 11.4. The molecule has 2 heterocycles. The monoisotopic (exact) mass is 314 g/mol. The maximum Gasteiger partial charge on any atom is 0.417 e. The summed E-state index contributed by atoms with van der Waals surface area (Å²) in [5, 5.41) is 9.03. The van der Waals surface area contributed by atoms with Gasteiger partial charge in [0.1, 0.15) is 10.1 Å². The summed E-state index contributed by atoms with van der Waals surface area (Å²) in [6, 6.07) is 2.30. The van der Waals surface area contributed by atoms with Crippen LogP contribution < -0.4 is 5.73 Å². The molecule has 0 aromatic carbocycles. The molecule has 0 fully saturated rings. The molecule has 0 saturated carbocycles. The third kappa shape index (κ3) is 3.51. The summed E-state index contributed by atoms with van der Waals surface area (Å²) in [4.78, 5) is 3.80. The number of nitrogens with two attached hydrogens (primary N) is 1. The number of alkyl halides is 3. The van der Waals surface area contributed by atoms with Gasteiger partial charge in [-0.3, -0.25) is 0 Å².